The molecule has 226 valence electrons. The number of methoxy groups -OCH3 is 1. The fourth-order valence-corrected chi connectivity index (χ4v) is 4.65. The van der Waals surface area contributed by atoms with Crippen molar-refractivity contribution in [3.63, 3.8) is 0 Å². The van der Waals surface area contributed by atoms with Crippen LogP contribution in [0.4, 0.5) is 18.9 Å². The third-order valence-corrected chi connectivity index (χ3v) is 6.79. The number of ether oxygens (including phenoxy) is 1. The summed E-state index contributed by atoms with van der Waals surface area (Å²) in [5.74, 6) is 0.554. The predicted molar refractivity (Wildman–Crippen MR) is 153 cm³/mol. The molecule has 0 fully saturated rings. The van der Waals surface area contributed by atoms with Crippen LogP contribution in [0.25, 0.3) is 12.2 Å². The van der Waals surface area contributed by atoms with E-state index in [-0.39, 0.29) is 30.9 Å². The lowest BCUT2D eigenvalue weighted by Crippen LogP contribution is -2.42. The minimum atomic E-state index is -4.54. The zero-order valence-corrected chi connectivity index (χ0v) is 23.1. The number of halogens is 3. The van der Waals surface area contributed by atoms with Gasteiger partial charge in [0.15, 0.2) is 0 Å². The van der Waals surface area contributed by atoms with E-state index in [2.05, 4.69) is 5.10 Å². The lowest BCUT2D eigenvalue weighted by atomic mass is 10.1. The minimum absolute atomic E-state index is 0.00342. The van der Waals surface area contributed by atoms with Crippen molar-refractivity contribution < 1.29 is 27.2 Å². The molecular formula is C30H24F3N5O6. The second-order valence-electron chi connectivity index (χ2n) is 9.69. The van der Waals surface area contributed by atoms with Gasteiger partial charge in [-0.25, -0.2) is 9.36 Å². The van der Waals surface area contributed by atoms with E-state index in [0.717, 1.165) is 15.2 Å². The number of nitro groups is 1. The van der Waals surface area contributed by atoms with E-state index in [0.29, 0.717) is 22.4 Å². The number of aromatic nitrogens is 4. The summed E-state index contributed by atoms with van der Waals surface area (Å²) in [7, 11) is 1.49. The van der Waals surface area contributed by atoms with Crippen LogP contribution in [-0.4, -0.2) is 30.9 Å². The van der Waals surface area contributed by atoms with Crippen molar-refractivity contribution >= 4 is 17.8 Å². The third-order valence-electron chi connectivity index (χ3n) is 6.79. The average molecular weight is 608 g/mol. The first-order valence-electron chi connectivity index (χ1n) is 13.1. The van der Waals surface area contributed by atoms with Crippen molar-refractivity contribution in [2.24, 2.45) is 0 Å². The van der Waals surface area contributed by atoms with Crippen LogP contribution in [0.5, 0.6) is 5.75 Å². The Morgan fingerprint density at radius 2 is 1.70 bits per heavy atom. The van der Waals surface area contributed by atoms with Crippen LogP contribution in [0.2, 0.25) is 0 Å². The molecule has 0 aliphatic heterocycles. The highest BCUT2D eigenvalue weighted by molar-refractivity contribution is 5.71. The fourth-order valence-electron chi connectivity index (χ4n) is 4.65. The van der Waals surface area contributed by atoms with Crippen molar-refractivity contribution in [3.05, 3.63) is 144 Å². The Hall–Kier alpha value is -5.66. The smallest absolute Gasteiger partial charge is 0.416 e. The maximum atomic E-state index is 13.7. The summed E-state index contributed by atoms with van der Waals surface area (Å²) in [6, 6.07) is 13.2. The molecule has 0 bridgehead atoms. The van der Waals surface area contributed by atoms with E-state index in [1.807, 2.05) is 0 Å². The number of nitrogens with zero attached hydrogens (tertiary/aromatic N) is 5. The van der Waals surface area contributed by atoms with Gasteiger partial charge in [-0.15, -0.1) is 0 Å². The number of benzene rings is 2. The van der Waals surface area contributed by atoms with E-state index in [1.54, 1.807) is 30.3 Å². The maximum absolute atomic E-state index is 13.7. The molecule has 11 nitrogen and oxygen atoms in total. The van der Waals surface area contributed by atoms with Gasteiger partial charge in [0.05, 0.1) is 56.0 Å². The molecule has 0 radical (unpaired) electrons. The second-order valence-corrected chi connectivity index (χ2v) is 9.69. The predicted octanol–water partition coefficient (Wildman–Crippen LogP) is 5.05. The van der Waals surface area contributed by atoms with Crippen LogP contribution in [0, 0.1) is 10.1 Å². The molecule has 0 aliphatic carbocycles. The van der Waals surface area contributed by atoms with Crippen LogP contribution < -0.4 is 16.0 Å². The Balaban J connectivity index is 1.55. The lowest BCUT2D eigenvalue weighted by Gasteiger charge is -2.14. The Kier molecular flexibility index (Phi) is 8.33. The van der Waals surface area contributed by atoms with Gasteiger partial charge in [-0.05, 0) is 47.5 Å². The first-order valence-corrected chi connectivity index (χ1v) is 13.1. The molecule has 3 heterocycles. The van der Waals surface area contributed by atoms with Crippen LogP contribution in [0.15, 0.2) is 93.5 Å². The Bertz CT molecular complexity index is 1940. The highest BCUT2D eigenvalue weighted by Crippen LogP contribution is 2.32. The fraction of sp³-hybridized carbons (Fsp3) is 0.167. The first kappa shape index (κ1) is 29.8. The zero-order valence-electron chi connectivity index (χ0n) is 23.1. The van der Waals surface area contributed by atoms with Gasteiger partial charge in [-0.3, -0.25) is 24.2 Å². The molecule has 0 amide bonds. The monoisotopic (exact) mass is 607 g/mol. The van der Waals surface area contributed by atoms with Gasteiger partial charge in [0.1, 0.15) is 11.4 Å². The summed E-state index contributed by atoms with van der Waals surface area (Å²) in [5, 5.41) is 16.3. The number of alkyl halides is 3. The summed E-state index contributed by atoms with van der Waals surface area (Å²) in [6.07, 6.45) is 3.62. The van der Waals surface area contributed by atoms with Gasteiger partial charge in [0, 0.05) is 17.3 Å². The van der Waals surface area contributed by atoms with E-state index in [4.69, 9.17) is 9.15 Å². The zero-order chi connectivity index (χ0) is 31.4. The van der Waals surface area contributed by atoms with E-state index >= 15 is 0 Å². The maximum Gasteiger partial charge on any atom is 0.416 e. The van der Waals surface area contributed by atoms with Crippen molar-refractivity contribution in [1.29, 1.82) is 0 Å². The van der Waals surface area contributed by atoms with Crippen LogP contribution in [-0.2, 0) is 25.8 Å². The molecule has 0 unspecified atom stereocenters. The molecular weight excluding hydrogens is 583 g/mol. The van der Waals surface area contributed by atoms with Crippen LogP contribution >= 0.6 is 0 Å². The minimum Gasteiger partial charge on any atom is -0.497 e. The van der Waals surface area contributed by atoms with Crippen LogP contribution in [0.1, 0.15) is 33.5 Å². The lowest BCUT2D eigenvalue weighted by molar-refractivity contribution is -0.387. The highest BCUT2D eigenvalue weighted by atomic mass is 19.4. The van der Waals surface area contributed by atoms with E-state index in [1.165, 1.54) is 67.1 Å². The Labute approximate surface area is 246 Å². The summed E-state index contributed by atoms with van der Waals surface area (Å²) in [4.78, 5) is 38.4. The summed E-state index contributed by atoms with van der Waals surface area (Å²) >= 11 is 0. The molecule has 5 aromatic rings. The number of furan rings is 1. The molecule has 5 rings (SSSR count). The van der Waals surface area contributed by atoms with Crippen molar-refractivity contribution in [1.82, 2.24) is 18.9 Å². The quantitative estimate of drug-likeness (QED) is 0.161. The molecule has 0 aliphatic rings. The van der Waals surface area contributed by atoms with Gasteiger partial charge >= 0.3 is 23.1 Å². The standard InChI is InChI=1S/C30H24F3N5O6/c1-43-24-9-6-20(7-10-24)16-37-28(39)27(38(41)42)26(36(29(37)40)17-22-12-13-44-19-22)11-8-21-14-34-35(15-21)18-23-4-2-3-5-25(23)30(31,32)33/h2-15,19H,16-18H2,1H3. The largest absolute Gasteiger partial charge is 0.497 e. The molecule has 0 spiro atoms. The van der Waals surface area contributed by atoms with Gasteiger partial charge < -0.3 is 9.15 Å². The molecule has 3 aromatic heterocycles. The number of hydrogen-bond donors (Lipinski definition) is 0. The van der Waals surface area contributed by atoms with Crippen molar-refractivity contribution in [3.8, 4) is 5.75 Å². The van der Waals surface area contributed by atoms with E-state index < -0.39 is 33.6 Å². The van der Waals surface area contributed by atoms with Crippen molar-refractivity contribution in [2.75, 3.05) is 7.11 Å². The molecule has 2 aromatic carbocycles. The normalized spacial score (nSPS) is 11.7. The van der Waals surface area contributed by atoms with Crippen LogP contribution in [0.3, 0.4) is 0 Å². The van der Waals surface area contributed by atoms with Gasteiger partial charge in [0.2, 0.25) is 0 Å². The number of rotatable bonds is 10. The van der Waals surface area contributed by atoms with Gasteiger partial charge in [-0.2, -0.15) is 18.3 Å². The van der Waals surface area contributed by atoms with Gasteiger partial charge in [0.25, 0.3) is 0 Å². The number of hydrogen-bond acceptors (Lipinski definition) is 7. The molecule has 0 N–H and O–H groups in total. The SMILES string of the molecule is COc1ccc(Cn2c(=O)c([N+](=O)[O-])c(C=Cc3cnn(Cc4ccccc4C(F)(F)F)c3)n(Cc3ccoc3)c2=O)cc1. The average Bonchev–Trinajstić information content (AvgIpc) is 3.68. The Morgan fingerprint density at radius 1 is 0.977 bits per heavy atom. The summed E-state index contributed by atoms with van der Waals surface area (Å²) in [5.41, 5.74) is -2.36. The first-order chi connectivity index (χ1) is 21.0. The molecule has 14 heteroatoms. The second kappa shape index (κ2) is 12.3. The highest BCUT2D eigenvalue weighted by Gasteiger charge is 2.33. The van der Waals surface area contributed by atoms with Gasteiger partial charge in [-0.1, -0.05) is 30.3 Å². The van der Waals surface area contributed by atoms with E-state index in [9.17, 15) is 32.9 Å². The Morgan fingerprint density at radius 3 is 2.36 bits per heavy atom. The molecule has 44 heavy (non-hydrogen) atoms. The topological polar surface area (TPSA) is 127 Å². The summed E-state index contributed by atoms with van der Waals surface area (Å²) in [6.45, 7) is -0.563. The van der Waals surface area contributed by atoms with Crippen molar-refractivity contribution in [2.45, 2.75) is 25.8 Å². The molecule has 0 atom stereocenters. The molecule has 0 saturated carbocycles. The summed E-state index contributed by atoms with van der Waals surface area (Å²) < 4.78 is 53.7. The third kappa shape index (κ3) is 6.38. The molecule has 0 saturated heterocycles.